The number of nitrogens with zero attached hydrogens (tertiary/aromatic N) is 2. The maximum Gasteiger partial charge on any atom is 0.251 e. The van der Waals surface area contributed by atoms with Gasteiger partial charge in [0.1, 0.15) is 6.04 Å². The summed E-state index contributed by atoms with van der Waals surface area (Å²) in [6.07, 6.45) is 0.408. The quantitative estimate of drug-likeness (QED) is 0.541. The molecule has 3 aromatic rings. The van der Waals surface area contributed by atoms with Crippen molar-refractivity contribution < 1.29 is 9.59 Å². The van der Waals surface area contributed by atoms with E-state index in [0.717, 1.165) is 44.0 Å². The van der Waals surface area contributed by atoms with Gasteiger partial charge in [0.05, 0.1) is 0 Å². The summed E-state index contributed by atoms with van der Waals surface area (Å²) in [5.41, 5.74) is 3.39. The average molecular weight is 457 g/mol. The molecule has 176 valence electrons. The van der Waals surface area contributed by atoms with Crippen molar-refractivity contribution in [3.63, 3.8) is 0 Å². The van der Waals surface area contributed by atoms with Crippen molar-refractivity contribution in [2.45, 2.75) is 19.4 Å². The van der Waals surface area contributed by atoms with Gasteiger partial charge in [-0.15, -0.1) is 0 Å². The molecule has 0 spiro atoms. The summed E-state index contributed by atoms with van der Waals surface area (Å²) in [5.74, 6) is -0.504. The van der Waals surface area contributed by atoms with Gasteiger partial charge in [-0.1, -0.05) is 55.5 Å². The van der Waals surface area contributed by atoms with Crippen molar-refractivity contribution >= 4 is 23.2 Å². The molecular weight excluding hydrogens is 424 g/mol. The van der Waals surface area contributed by atoms with Crippen LogP contribution in [0.25, 0.3) is 0 Å². The Kier molecular flexibility index (Phi) is 7.94. The second-order valence-corrected chi connectivity index (χ2v) is 8.54. The van der Waals surface area contributed by atoms with Crippen molar-refractivity contribution in [2.24, 2.45) is 0 Å². The molecule has 0 saturated carbocycles. The third-order valence-corrected chi connectivity index (χ3v) is 6.26. The molecule has 6 nitrogen and oxygen atoms in total. The van der Waals surface area contributed by atoms with E-state index < -0.39 is 6.04 Å². The standard InChI is InChI=1S/C28H32N4O2/c1-2-31-17-19-32(20-18-31)25-15-13-24(14-16-25)29-28(34)26(21-22-9-5-3-6-10-22)30-27(33)23-11-7-4-8-12-23/h3-16,26H,2,17-21H2,1H3,(H,29,34)(H,30,33)/t26-/m0/s1. The first-order chi connectivity index (χ1) is 16.6. The van der Waals surface area contributed by atoms with Crippen LogP contribution in [0.4, 0.5) is 11.4 Å². The highest BCUT2D eigenvalue weighted by atomic mass is 16.2. The second kappa shape index (κ2) is 11.5. The molecule has 0 unspecified atom stereocenters. The summed E-state index contributed by atoms with van der Waals surface area (Å²) < 4.78 is 0. The number of hydrogen-bond acceptors (Lipinski definition) is 4. The van der Waals surface area contributed by atoms with E-state index in [4.69, 9.17) is 0 Å². The van der Waals surface area contributed by atoms with Crippen molar-refractivity contribution in [2.75, 3.05) is 42.9 Å². The summed E-state index contributed by atoms with van der Waals surface area (Å²) in [7, 11) is 0. The van der Waals surface area contributed by atoms with Gasteiger partial charge in [-0.3, -0.25) is 9.59 Å². The van der Waals surface area contributed by atoms with Crippen molar-refractivity contribution in [3.05, 3.63) is 96.1 Å². The predicted molar refractivity (Wildman–Crippen MR) is 137 cm³/mol. The monoisotopic (exact) mass is 456 g/mol. The largest absolute Gasteiger partial charge is 0.369 e. The normalized spacial score (nSPS) is 14.9. The molecule has 1 heterocycles. The van der Waals surface area contributed by atoms with Crippen LogP contribution >= 0.6 is 0 Å². The Morgan fingerprint density at radius 1 is 0.824 bits per heavy atom. The summed E-state index contributed by atoms with van der Waals surface area (Å²) in [5, 5.41) is 5.90. The minimum Gasteiger partial charge on any atom is -0.369 e. The number of carbonyl (C=O) groups excluding carboxylic acids is 2. The van der Waals surface area contributed by atoms with Gasteiger partial charge in [0.2, 0.25) is 5.91 Å². The van der Waals surface area contributed by atoms with E-state index in [1.54, 1.807) is 12.1 Å². The molecule has 6 heteroatoms. The zero-order valence-electron chi connectivity index (χ0n) is 19.6. The Morgan fingerprint density at radius 2 is 1.44 bits per heavy atom. The van der Waals surface area contributed by atoms with Crippen molar-refractivity contribution in [1.29, 1.82) is 0 Å². The fourth-order valence-corrected chi connectivity index (χ4v) is 4.20. The van der Waals surface area contributed by atoms with E-state index in [1.807, 2.05) is 72.8 Å². The van der Waals surface area contributed by atoms with Crippen LogP contribution in [0.2, 0.25) is 0 Å². The number of amides is 2. The van der Waals surface area contributed by atoms with Crippen LogP contribution < -0.4 is 15.5 Å². The molecule has 2 N–H and O–H groups in total. The van der Waals surface area contributed by atoms with Crippen LogP contribution in [0.15, 0.2) is 84.9 Å². The fraction of sp³-hybridized carbons (Fsp3) is 0.286. The van der Waals surface area contributed by atoms with Crippen LogP contribution in [0.3, 0.4) is 0 Å². The highest BCUT2D eigenvalue weighted by Crippen LogP contribution is 2.20. The summed E-state index contributed by atoms with van der Waals surface area (Å²) in [4.78, 5) is 30.8. The molecule has 3 aromatic carbocycles. The molecule has 1 fully saturated rings. The minimum absolute atomic E-state index is 0.238. The zero-order valence-corrected chi connectivity index (χ0v) is 19.6. The Labute approximate surface area is 201 Å². The van der Waals surface area contributed by atoms with Crippen molar-refractivity contribution in [1.82, 2.24) is 10.2 Å². The van der Waals surface area contributed by atoms with Crippen LogP contribution in [0.1, 0.15) is 22.8 Å². The summed E-state index contributed by atoms with van der Waals surface area (Å²) in [6, 6.07) is 25.9. The third-order valence-electron chi connectivity index (χ3n) is 6.26. The molecule has 2 amide bonds. The molecule has 34 heavy (non-hydrogen) atoms. The topological polar surface area (TPSA) is 64.7 Å². The van der Waals surface area contributed by atoms with Gasteiger partial charge in [0, 0.05) is 49.5 Å². The Hall–Kier alpha value is -3.64. The fourth-order valence-electron chi connectivity index (χ4n) is 4.20. The maximum atomic E-state index is 13.2. The minimum atomic E-state index is -0.697. The smallest absolute Gasteiger partial charge is 0.251 e. The first kappa shape index (κ1) is 23.5. The molecule has 0 aromatic heterocycles. The molecule has 1 aliphatic rings. The van der Waals surface area contributed by atoms with Gasteiger partial charge >= 0.3 is 0 Å². The molecule has 0 bridgehead atoms. The highest BCUT2D eigenvalue weighted by molar-refractivity contribution is 6.01. The SMILES string of the molecule is CCN1CCN(c2ccc(NC(=O)[C@H](Cc3ccccc3)NC(=O)c3ccccc3)cc2)CC1. The van der Waals surface area contributed by atoms with Gasteiger partial charge in [-0.2, -0.15) is 0 Å². The van der Waals surface area contributed by atoms with E-state index in [0.29, 0.717) is 17.7 Å². The first-order valence-corrected chi connectivity index (χ1v) is 11.9. The number of anilines is 2. The molecule has 0 aliphatic carbocycles. The number of piperazine rings is 1. The van der Waals surface area contributed by atoms with E-state index >= 15 is 0 Å². The van der Waals surface area contributed by atoms with Crippen LogP contribution in [-0.4, -0.2) is 55.5 Å². The lowest BCUT2D eigenvalue weighted by atomic mass is 10.0. The molecule has 1 saturated heterocycles. The third kappa shape index (κ3) is 6.23. The molecule has 1 atom stereocenters. The Balaban J connectivity index is 1.42. The summed E-state index contributed by atoms with van der Waals surface area (Å²) >= 11 is 0. The number of hydrogen-bond donors (Lipinski definition) is 2. The van der Waals surface area contributed by atoms with Gasteiger partial charge in [-0.25, -0.2) is 0 Å². The molecular formula is C28H32N4O2. The molecule has 4 rings (SSSR count). The first-order valence-electron chi connectivity index (χ1n) is 11.9. The van der Waals surface area contributed by atoms with E-state index in [1.165, 1.54) is 0 Å². The Morgan fingerprint density at radius 3 is 2.06 bits per heavy atom. The van der Waals surface area contributed by atoms with Crippen molar-refractivity contribution in [3.8, 4) is 0 Å². The molecule has 0 radical (unpaired) electrons. The lowest BCUT2D eigenvalue weighted by Crippen LogP contribution is -2.46. The number of nitrogens with one attached hydrogen (secondary N) is 2. The zero-order chi connectivity index (χ0) is 23.8. The van der Waals surface area contributed by atoms with Crippen LogP contribution in [-0.2, 0) is 11.2 Å². The number of carbonyl (C=O) groups is 2. The van der Waals surface area contributed by atoms with Gasteiger partial charge in [0.15, 0.2) is 0 Å². The predicted octanol–water partition coefficient (Wildman–Crippen LogP) is 3.81. The average Bonchev–Trinajstić information content (AvgIpc) is 2.90. The number of benzene rings is 3. The van der Waals surface area contributed by atoms with Gasteiger partial charge in [0.25, 0.3) is 5.91 Å². The van der Waals surface area contributed by atoms with E-state index in [2.05, 4.69) is 27.4 Å². The van der Waals surface area contributed by atoms with Gasteiger partial charge < -0.3 is 20.4 Å². The number of likely N-dealkylation sites (N-methyl/N-ethyl adjacent to an activating group) is 1. The Bertz CT molecular complexity index is 1060. The lowest BCUT2D eigenvalue weighted by Gasteiger charge is -2.35. The van der Waals surface area contributed by atoms with Gasteiger partial charge in [-0.05, 0) is 48.5 Å². The lowest BCUT2D eigenvalue weighted by molar-refractivity contribution is -0.118. The number of rotatable bonds is 8. The maximum absolute atomic E-state index is 13.2. The highest BCUT2D eigenvalue weighted by Gasteiger charge is 2.22. The summed E-state index contributed by atoms with van der Waals surface area (Å²) in [6.45, 7) is 7.42. The van der Waals surface area contributed by atoms with E-state index in [-0.39, 0.29) is 11.8 Å². The van der Waals surface area contributed by atoms with E-state index in [9.17, 15) is 9.59 Å². The second-order valence-electron chi connectivity index (χ2n) is 8.54. The molecule has 1 aliphatic heterocycles. The van der Waals surface area contributed by atoms with Crippen LogP contribution in [0.5, 0.6) is 0 Å². The van der Waals surface area contributed by atoms with Crippen LogP contribution in [0, 0.1) is 0 Å².